The van der Waals surface area contributed by atoms with Crippen molar-refractivity contribution in [2.45, 2.75) is 18.9 Å². The Labute approximate surface area is 115 Å². The van der Waals surface area contributed by atoms with Crippen molar-refractivity contribution in [3.63, 3.8) is 0 Å². The van der Waals surface area contributed by atoms with Gasteiger partial charge < -0.3 is 5.32 Å². The third kappa shape index (κ3) is 2.31. The van der Waals surface area contributed by atoms with Gasteiger partial charge in [-0.3, -0.25) is 4.79 Å². The minimum Gasteiger partial charge on any atom is -0.344 e. The average Bonchev–Trinajstić information content (AvgIpc) is 2.84. The molecule has 4 nitrogen and oxygen atoms in total. The summed E-state index contributed by atoms with van der Waals surface area (Å²) in [5.74, 6) is -0.180. The molecule has 1 aliphatic rings. The molecular weight excluding hydrogens is 262 g/mol. The molecule has 1 N–H and O–H groups in total. The Kier molecular flexibility index (Phi) is 3.17. The average molecular weight is 274 g/mol. The van der Waals surface area contributed by atoms with Crippen LogP contribution in [0.2, 0.25) is 5.02 Å². The first-order chi connectivity index (χ1) is 9.25. The van der Waals surface area contributed by atoms with Crippen LogP contribution >= 0.6 is 11.6 Å². The van der Waals surface area contributed by atoms with Gasteiger partial charge >= 0.3 is 0 Å². The number of hydrogen-bond acceptors (Lipinski definition) is 3. The number of rotatable bonds is 2. The van der Waals surface area contributed by atoms with Gasteiger partial charge in [-0.05, 0) is 36.1 Å². The Balaban J connectivity index is 1.80. The lowest BCUT2D eigenvalue weighted by molar-refractivity contribution is 0.0931. The first-order valence-electron chi connectivity index (χ1n) is 6.10. The Bertz CT molecular complexity index is 615. The van der Waals surface area contributed by atoms with Crippen molar-refractivity contribution in [3.05, 3.63) is 58.6 Å². The number of nitrogens with zero attached hydrogens (tertiary/aromatic N) is 2. The molecule has 1 atom stereocenters. The van der Waals surface area contributed by atoms with Gasteiger partial charge in [0.1, 0.15) is 12.0 Å². The van der Waals surface area contributed by atoms with Gasteiger partial charge in [0, 0.05) is 11.2 Å². The predicted octanol–water partition coefficient (Wildman–Crippen LogP) is 2.55. The third-order valence-electron chi connectivity index (χ3n) is 3.33. The first kappa shape index (κ1) is 12.1. The number of carbonyl (C=O) groups excluding carboxylic acids is 1. The Hall–Kier alpha value is -1.94. The molecule has 0 fully saturated rings. The number of nitrogens with one attached hydrogen (secondary N) is 1. The molecule has 1 heterocycles. The summed E-state index contributed by atoms with van der Waals surface area (Å²) in [6, 6.07) is 7.42. The van der Waals surface area contributed by atoms with Crippen LogP contribution in [-0.4, -0.2) is 15.9 Å². The van der Waals surface area contributed by atoms with Crippen LogP contribution in [0.15, 0.2) is 36.8 Å². The van der Waals surface area contributed by atoms with Gasteiger partial charge in [-0.2, -0.15) is 0 Å². The highest BCUT2D eigenvalue weighted by Crippen LogP contribution is 2.35. The van der Waals surface area contributed by atoms with Crippen LogP contribution in [0.25, 0.3) is 0 Å². The van der Waals surface area contributed by atoms with E-state index in [9.17, 15) is 4.79 Å². The molecule has 1 aliphatic carbocycles. The van der Waals surface area contributed by atoms with Crippen LogP contribution in [0, 0.1) is 0 Å². The number of carbonyl (C=O) groups is 1. The van der Waals surface area contributed by atoms with Crippen LogP contribution in [-0.2, 0) is 6.42 Å². The molecule has 1 unspecified atom stereocenters. The van der Waals surface area contributed by atoms with E-state index in [4.69, 9.17) is 11.6 Å². The highest BCUT2D eigenvalue weighted by Gasteiger charge is 2.25. The minimum atomic E-state index is -0.180. The minimum absolute atomic E-state index is 0.0103. The molecule has 2 aromatic rings. The first-order valence-corrected chi connectivity index (χ1v) is 6.47. The largest absolute Gasteiger partial charge is 0.344 e. The molecule has 0 saturated carbocycles. The second-order valence-electron chi connectivity index (χ2n) is 4.47. The summed E-state index contributed by atoms with van der Waals surface area (Å²) in [6.45, 7) is 0. The monoisotopic (exact) mass is 273 g/mol. The van der Waals surface area contributed by atoms with E-state index >= 15 is 0 Å². The number of aromatic nitrogens is 2. The van der Waals surface area contributed by atoms with Crippen molar-refractivity contribution in [2.75, 3.05) is 0 Å². The van der Waals surface area contributed by atoms with Crippen molar-refractivity contribution in [3.8, 4) is 0 Å². The maximum Gasteiger partial charge on any atom is 0.270 e. The van der Waals surface area contributed by atoms with Gasteiger partial charge in [-0.1, -0.05) is 23.7 Å². The quantitative estimate of drug-likeness (QED) is 0.915. The molecule has 0 saturated heterocycles. The van der Waals surface area contributed by atoms with E-state index in [1.807, 2.05) is 18.2 Å². The number of halogens is 1. The summed E-state index contributed by atoms with van der Waals surface area (Å²) in [5, 5.41) is 3.77. The summed E-state index contributed by atoms with van der Waals surface area (Å²) in [7, 11) is 0. The van der Waals surface area contributed by atoms with Gasteiger partial charge in [0.05, 0.1) is 6.04 Å². The molecule has 0 aliphatic heterocycles. The lowest BCUT2D eigenvalue weighted by atomic mass is 10.1. The van der Waals surface area contributed by atoms with E-state index < -0.39 is 0 Å². The Morgan fingerprint density at radius 1 is 1.37 bits per heavy atom. The van der Waals surface area contributed by atoms with Crippen molar-refractivity contribution < 1.29 is 4.79 Å². The highest BCUT2D eigenvalue weighted by atomic mass is 35.5. The molecule has 19 heavy (non-hydrogen) atoms. The Morgan fingerprint density at radius 3 is 3.05 bits per heavy atom. The second kappa shape index (κ2) is 4.97. The van der Waals surface area contributed by atoms with Crippen molar-refractivity contribution in [2.24, 2.45) is 0 Å². The van der Waals surface area contributed by atoms with Crippen LogP contribution in [0.4, 0.5) is 0 Å². The van der Waals surface area contributed by atoms with E-state index in [0.29, 0.717) is 5.69 Å². The van der Waals surface area contributed by atoms with E-state index in [2.05, 4.69) is 15.3 Å². The summed E-state index contributed by atoms with van der Waals surface area (Å²) in [5.41, 5.74) is 2.62. The fourth-order valence-electron chi connectivity index (χ4n) is 2.42. The van der Waals surface area contributed by atoms with Crippen molar-refractivity contribution in [1.29, 1.82) is 0 Å². The maximum absolute atomic E-state index is 12.1. The van der Waals surface area contributed by atoms with Crippen molar-refractivity contribution in [1.82, 2.24) is 15.3 Å². The zero-order chi connectivity index (χ0) is 13.2. The van der Waals surface area contributed by atoms with E-state index in [0.717, 1.165) is 29.0 Å². The highest BCUT2D eigenvalue weighted by molar-refractivity contribution is 6.31. The molecule has 3 rings (SSSR count). The van der Waals surface area contributed by atoms with Crippen molar-refractivity contribution >= 4 is 17.5 Å². The maximum atomic E-state index is 12.1. The third-order valence-corrected chi connectivity index (χ3v) is 3.69. The van der Waals surface area contributed by atoms with Gasteiger partial charge in [0.15, 0.2) is 0 Å². The number of fused-ring (bicyclic) bond motifs is 1. The summed E-state index contributed by atoms with van der Waals surface area (Å²) < 4.78 is 0. The van der Waals surface area contributed by atoms with Gasteiger partial charge in [-0.15, -0.1) is 0 Å². The molecule has 1 aromatic heterocycles. The standard InChI is InChI=1S/C14H12ClN3O/c15-11-3-1-2-10-9(11)4-5-12(10)18-14(19)13-6-7-16-8-17-13/h1-3,6-8,12H,4-5H2,(H,18,19). The number of amides is 1. The zero-order valence-electron chi connectivity index (χ0n) is 10.1. The SMILES string of the molecule is O=C(NC1CCc2c(Cl)cccc21)c1ccncn1. The van der Waals surface area contributed by atoms with Crippen LogP contribution in [0.1, 0.15) is 34.1 Å². The molecular formula is C14H12ClN3O. The van der Waals surface area contributed by atoms with Gasteiger partial charge in [0.2, 0.25) is 0 Å². The predicted molar refractivity (Wildman–Crippen MR) is 72.0 cm³/mol. The van der Waals surface area contributed by atoms with Crippen LogP contribution < -0.4 is 5.32 Å². The Morgan fingerprint density at radius 2 is 2.26 bits per heavy atom. The summed E-state index contributed by atoms with van der Waals surface area (Å²) in [4.78, 5) is 19.8. The lowest BCUT2D eigenvalue weighted by Gasteiger charge is -2.13. The molecule has 0 bridgehead atoms. The van der Waals surface area contributed by atoms with E-state index in [1.165, 1.54) is 6.33 Å². The molecule has 0 radical (unpaired) electrons. The molecule has 1 amide bonds. The molecule has 1 aromatic carbocycles. The van der Waals surface area contributed by atoms with Crippen LogP contribution in [0.5, 0.6) is 0 Å². The van der Waals surface area contributed by atoms with Gasteiger partial charge in [-0.25, -0.2) is 9.97 Å². The second-order valence-corrected chi connectivity index (χ2v) is 4.87. The molecule has 5 heteroatoms. The van der Waals surface area contributed by atoms with Gasteiger partial charge in [0.25, 0.3) is 5.91 Å². The number of hydrogen-bond donors (Lipinski definition) is 1. The smallest absolute Gasteiger partial charge is 0.270 e. The summed E-state index contributed by atoms with van der Waals surface area (Å²) >= 11 is 6.16. The fraction of sp³-hybridized carbons (Fsp3) is 0.214. The fourth-order valence-corrected chi connectivity index (χ4v) is 2.69. The molecule has 96 valence electrons. The van der Waals surface area contributed by atoms with E-state index in [-0.39, 0.29) is 11.9 Å². The van der Waals surface area contributed by atoms with E-state index in [1.54, 1.807) is 12.3 Å². The number of benzene rings is 1. The zero-order valence-corrected chi connectivity index (χ0v) is 10.9. The lowest BCUT2D eigenvalue weighted by Crippen LogP contribution is -2.27. The topological polar surface area (TPSA) is 54.9 Å². The normalized spacial score (nSPS) is 17.0. The van der Waals surface area contributed by atoms with Crippen LogP contribution in [0.3, 0.4) is 0 Å². The summed E-state index contributed by atoms with van der Waals surface area (Å²) in [6.07, 6.45) is 4.69. The molecule has 0 spiro atoms.